The second-order valence-electron chi connectivity index (χ2n) is 8.05. The number of fused-ring (bicyclic) bond motifs is 1. The van der Waals surface area contributed by atoms with E-state index in [0.29, 0.717) is 5.95 Å². The normalized spacial score (nSPS) is 11.1. The first-order valence-corrected chi connectivity index (χ1v) is 11.4. The Morgan fingerprint density at radius 2 is 1.74 bits per heavy atom. The lowest BCUT2D eigenvalue weighted by molar-refractivity contribution is 0.662. The third-order valence-corrected chi connectivity index (χ3v) is 5.75. The number of aromatic nitrogens is 7. The molecular weight excluding hydrogens is 436 g/mol. The van der Waals surface area contributed by atoms with Crippen molar-refractivity contribution in [3.05, 3.63) is 97.8 Å². The minimum atomic E-state index is 0.518. The van der Waals surface area contributed by atoms with E-state index in [1.165, 1.54) is 0 Å². The molecule has 0 spiro atoms. The number of hydrogen-bond acceptors (Lipinski definition) is 6. The molecule has 8 nitrogen and oxygen atoms in total. The number of nitrogens with zero attached hydrogens (tertiary/aromatic N) is 7. The molecule has 0 amide bonds. The highest BCUT2D eigenvalue weighted by Gasteiger charge is 2.15. The fourth-order valence-electron chi connectivity index (χ4n) is 3.98. The monoisotopic (exact) mass is 458 g/mol. The van der Waals surface area contributed by atoms with Gasteiger partial charge < -0.3 is 9.72 Å². The summed E-state index contributed by atoms with van der Waals surface area (Å²) in [7, 11) is 0. The van der Waals surface area contributed by atoms with E-state index in [-0.39, 0.29) is 0 Å². The summed E-state index contributed by atoms with van der Waals surface area (Å²) in [5, 5.41) is 8.04. The molecule has 0 saturated carbocycles. The quantitative estimate of drug-likeness (QED) is 0.356. The summed E-state index contributed by atoms with van der Waals surface area (Å²) in [6, 6.07) is 19.9. The summed E-state index contributed by atoms with van der Waals surface area (Å²) in [6.07, 6.45) is 11.4. The Hall–Kier alpha value is -4.85. The molecule has 0 atom stereocenters. The molecule has 0 unspecified atom stereocenters. The molecule has 0 aliphatic rings. The Balaban J connectivity index is 1.27. The number of benzene rings is 1. The zero-order valence-electron chi connectivity index (χ0n) is 19.1. The molecular formula is C27H22N8. The first kappa shape index (κ1) is 20.7. The van der Waals surface area contributed by atoms with Gasteiger partial charge in [0, 0.05) is 66.1 Å². The van der Waals surface area contributed by atoms with Gasteiger partial charge in [0.2, 0.25) is 5.95 Å². The van der Waals surface area contributed by atoms with E-state index in [1.807, 2.05) is 94.5 Å². The van der Waals surface area contributed by atoms with Gasteiger partial charge in [0.15, 0.2) is 0 Å². The van der Waals surface area contributed by atoms with E-state index < -0.39 is 0 Å². The number of aryl methyl sites for hydroxylation is 1. The fraction of sp³-hybridized carbons (Fsp3) is 0.0741. The predicted octanol–water partition coefficient (Wildman–Crippen LogP) is 5.48. The Kier molecular flexibility index (Phi) is 5.23. The van der Waals surface area contributed by atoms with E-state index in [1.54, 1.807) is 12.4 Å². The van der Waals surface area contributed by atoms with Crippen LogP contribution >= 0.6 is 0 Å². The van der Waals surface area contributed by atoms with Crippen LogP contribution < -0.4 is 5.32 Å². The van der Waals surface area contributed by atoms with Gasteiger partial charge in [-0.3, -0.25) is 9.67 Å². The topological polar surface area (TPSA) is 85.8 Å². The summed E-state index contributed by atoms with van der Waals surface area (Å²) in [5.41, 5.74) is 7.32. The lowest BCUT2D eigenvalue weighted by atomic mass is 10.1. The maximum atomic E-state index is 4.77. The average molecular weight is 459 g/mol. The van der Waals surface area contributed by atoms with Crippen molar-refractivity contribution in [3.63, 3.8) is 0 Å². The molecule has 0 aliphatic carbocycles. The summed E-state index contributed by atoms with van der Waals surface area (Å²) in [5.74, 6) is 0.518. The first-order valence-electron chi connectivity index (χ1n) is 11.4. The highest BCUT2D eigenvalue weighted by molar-refractivity contribution is 5.78. The zero-order valence-corrected chi connectivity index (χ0v) is 19.1. The van der Waals surface area contributed by atoms with Crippen LogP contribution in [0.15, 0.2) is 97.8 Å². The van der Waals surface area contributed by atoms with Gasteiger partial charge in [0.1, 0.15) is 11.3 Å². The molecule has 35 heavy (non-hydrogen) atoms. The Labute approximate surface area is 202 Å². The molecule has 6 rings (SSSR count). The van der Waals surface area contributed by atoms with Crippen molar-refractivity contribution in [1.82, 2.24) is 34.1 Å². The van der Waals surface area contributed by atoms with Crippen molar-refractivity contribution < 1.29 is 0 Å². The molecule has 8 heteroatoms. The van der Waals surface area contributed by atoms with Crippen LogP contribution in [-0.4, -0.2) is 34.1 Å². The molecule has 0 aliphatic heterocycles. The van der Waals surface area contributed by atoms with Crippen LogP contribution in [0.2, 0.25) is 0 Å². The van der Waals surface area contributed by atoms with E-state index in [2.05, 4.69) is 27.2 Å². The molecule has 1 N–H and O–H groups in total. The maximum absolute atomic E-state index is 4.77. The van der Waals surface area contributed by atoms with E-state index in [4.69, 9.17) is 10.1 Å². The van der Waals surface area contributed by atoms with Crippen LogP contribution in [0, 0.1) is 0 Å². The van der Waals surface area contributed by atoms with Crippen molar-refractivity contribution in [2.75, 3.05) is 5.32 Å². The average Bonchev–Trinajstić information content (AvgIpc) is 3.55. The fourth-order valence-corrected chi connectivity index (χ4v) is 3.98. The first-order chi connectivity index (χ1) is 17.3. The minimum absolute atomic E-state index is 0.518. The van der Waals surface area contributed by atoms with E-state index >= 15 is 0 Å². The lowest BCUT2D eigenvalue weighted by Gasteiger charge is -2.07. The van der Waals surface area contributed by atoms with Crippen molar-refractivity contribution >= 4 is 17.3 Å². The van der Waals surface area contributed by atoms with Gasteiger partial charge in [0.25, 0.3) is 0 Å². The van der Waals surface area contributed by atoms with Crippen LogP contribution in [-0.2, 0) is 6.54 Å². The summed E-state index contributed by atoms with van der Waals surface area (Å²) >= 11 is 0. The second kappa shape index (κ2) is 8.83. The smallest absolute Gasteiger partial charge is 0.227 e. The van der Waals surface area contributed by atoms with Gasteiger partial charge in [-0.25, -0.2) is 15.0 Å². The molecule has 1 aromatic carbocycles. The van der Waals surface area contributed by atoms with Crippen molar-refractivity contribution in [2.45, 2.75) is 13.5 Å². The van der Waals surface area contributed by atoms with Crippen LogP contribution in [0.25, 0.3) is 39.4 Å². The number of rotatable bonds is 6. The van der Waals surface area contributed by atoms with Crippen LogP contribution in [0.5, 0.6) is 0 Å². The Morgan fingerprint density at radius 3 is 2.54 bits per heavy atom. The highest BCUT2D eigenvalue weighted by Crippen LogP contribution is 2.30. The minimum Gasteiger partial charge on any atom is -0.324 e. The molecule has 5 heterocycles. The molecule has 0 bridgehead atoms. The molecule has 0 saturated heterocycles. The number of imidazole rings is 1. The standard InChI is InChI=1S/C27H22N8/c1-2-35-17-22(26(33-35)20-6-5-13-28-16-20)23-12-14-29-27(32-23)30-21-10-8-19(9-11-21)24-18-34-15-4-3-7-25(34)31-24/h3-18H,2H2,1H3,(H,29,30,32). The summed E-state index contributed by atoms with van der Waals surface area (Å²) in [4.78, 5) is 18.1. The zero-order chi connectivity index (χ0) is 23.6. The summed E-state index contributed by atoms with van der Waals surface area (Å²) in [6.45, 7) is 2.83. The van der Waals surface area contributed by atoms with Gasteiger partial charge >= 0.3 is 0 Å². The number of pyridine rings is 2. The van der Waals surface area contributed by atoms with Crippen LogP contribution in [0.1, 0.15) is 6.92 Å². The molecule has 6 aromatic rings. The van der Waals surface area contributed by atoms with E-state index in [9.17, 15) is 0 Å². The Morgan fingerprint density at radius 1 is 0.829 bits per heavy atom. The predicted molar refractivity (Wildman–Crippen MR) is 136 cm³/mol. The second-order valence-corrected chi connectivity index (χ2v) is 8.05. The number of nitrogens with one attached hydrogen (secondary N) is 1. The van der Waals surface area contributed by atoms with E-state index in [0.717, 1.165) is 51.7 Å². The van der Waals surface area contributed by atoms with Crippen molar-refractivity contribution in [2.24, 2.45) is 0 Å². The third kappa shape index (κ3) is 4.13. The third-order valence-electron chi connectivity index (χ3n) is 5.75. The largest absolute Gasteiger partial charge is 0.324 e. The molecule has 0 radical (unpaired) electrons. The highest BCUT2D eigenvalue weighted by atomic mass is 15.3. The molecule has 170 valence electrons. The van der Waals surface area contributed by atoms with Gasteiger partial charge in [0.05, 0.1) is 11.4 Å². The molecule has 0 fully saturated rings. The summed E-state index contributed by atoms with van der Waals surface area (Å²) < 4.78 is 3.92. The SMILES string of the molecule is CCn1cc(-c2ccnc(Nc3ccc(-c4cn5ccccc5n4)cc3)n2)c(-c2cccnc2)n1. The van der Waals surface area contributed by atoms with Crippen LogP contribution in [0.3, 0.4) is 0 Å². The van der Waals surface area contributed by atoms with Crippen molar-refractivity contribution in [3.8, 4) is 33.8 Å². The van der Waals surface area contributed by atoms with Gasteiger partial charge in [-0.15, -0.1) is 0 Å². The molecule has 5 aromatic heterocycles. The lowest BCUT2D eigenvalue weighted by Crippen LogP contribution is -1.98. The van der Waals surface area contributed by atoms with Gasteiger partial charge in [-0.2, -0.15) is 5.10 Å². The van der Waals surface area contributed by atoms with Gasteiger partial charge in [-0.05, 0) is 49.4 Å². The van der Waals surface area contributed by atoms with Crippen LogP contribution in [0.4, 0.5) is 11.6 Å². The Bertz CT molecular complexity index is 1570. The number of anilines is 2. The number of hydrogen-bond donors (Lipinski definition) is 1. The van der Waals surface area contributed by atoms with Gasteiger partial charge in [-0.1, -0.05) is 18.2 Å². The van der Waals surface area contributed by atoms with Crippen molar-refractivity contribution in [1.29, 1.82) is 0 Å². The maximum Gasteiger partial charge on any atom is 0.227 e.